The Bertz CT molecular complexity index is 711. The topological polar surface area (TPSA) is 76.4 Å². The van der Waals surface area contributed by atoms with Crippen molar-refractivity contribution in [1.82, 2.24) is 25.4 Å². The molecule has 0 fully saturated rings. The lowest BCUT2D eigenvalue weighted by Crippen LogP contribution is -2.47. The van der Waals surface area contributed by atoms with Gasteiger partial charge in [0.2, 0.25) is 0 Å². The Labute approximate surface area is 158 Å². The molecule has 26 heavy (non-hydrogen) atoms. The third-order valence-electron chi connectivity index (χ3n) is 4.50. The van der Waals surface area contributed by atoms with Crippen LogP contribution in [0.2, 0.25) is 0 Å². The van der Waals surface area contributed by atoms with E-state index < -0.39 is 0 Å². The number of fused-ring (bicyclic) bond motifs is 1. The smallest absolute Gasteiger partial charge is 0.191 e. The second-order valence-electron chi connectivity index (χ2n) is 6.62. The maximum absolute atomic E-state index is 5.13. The van der Waals surface area contributed by atoms with Gasteiger partial charge in [-0.05, 0) is 35.7 Å². The quantitative estimate of drug-likeness (QED) is 0.572. The Morgan fingerprint density at radius 3 is 3.15 bits per heavy atom. The predicted molar refractivity (Wildman–Crippen MR) is 105 cm³/mol. The number of thiophene rings is 1. The number of aromatic nitrogens is 3. The third-order valence-corrected chi connectivity index (χ3v) is 5.20. The average Bonchev–Trinajstić information content (AvgIpc) is 3.29. The molecule has 2 unspecified atom stereocenters. The van der Waals surface area contributed by atoms with Gasteiger partial charge in [-0.3, -0.25) is 4.99 Å². The SMILES string of the molecule is CCNC(=NCC(C)c1ccsc1)NC1CCc2nc(COC)nn2C1. The van der Waals surface area contributed by atoms with Gasteiger partial charge < -0.3 is 15.4 Å². The molecule has 2 N–H and O–H groups in total. The molecule has 0 aliphatic carbocycles. The molecule has 3 rings (SSSR count). The Kier molecular flexibility index (Phi) is 6.62. The first-order valence-electron chi connectivity index (χ1n) is 9.18. The fourth-order valence-electron chi connectivity index (χ4n) is 3.07. The maximum atomic E-state index is 5.13. The van der Waals surface area contributed by atoms with Crippen molar-refractivity contribution in [3.05, 3.63) is 34.0 Å². The normalized spacial score (nSPS) is 18.4. The van der Waals surface area contributed by atoms with Gasteiger partial charge in [0.25, 0.3) is 0 Å². The molecule has 0 aromatic carbocycles. The van der Waals surface area contributed by atoms with Crippen LogP contribution in [0.25, 0.3) is 0 Å². The van der Waals surface area contributed by atoms with Crippen molar-refractivity contribution in [3.63, 3.8) is 0 Å². The zero-order valence-corrected chi connectivity index (χ0v) is 16.6. The van der Waals surface area contributed by atoms with Crippen LogP contribution in [0.3, 0.4) is 0 Å². The van der Waals surface area contributed by atoms with Crippen molar-refractivity contribution >= 4 is 17.3 Å². The lowest BCUT2D eigenvalue weighted by Gasteiger charge is -2.25. The van der Waals surface area contributed by atoms with E-state index in [9.17, 15) is 0 Å². The fourth-order valence-corrected chi connectivity index (χ4v) is 3.85. The van der Waals surface area contributed by atoms with Crippen LogP contribution in [0.15, 0.2) is 21.8 Å². The van der Waals surface area contributed by atoms with Crippen molar-refractivity contribution in [3.8, 4) is 0 Å². The van der Waals surface area contributed by atoms with Gasteiger partial charge in [0.1, 0.15) is 12.4 Å². The van der Waals surface area contributed by atoms with Crippen LogP contribution in [0.4, 0.5) is 0 Å². The van der Waals surface area contributed by atoms with Crippen LogP contribution >= 0.6 is 11.3 Å². The molecule has 0 radical (unpaired) electrons. The summed E-state index contributed by atoms with van der Waals surface area (Å²) in [6.45, 7) is 7.18. The molecule has 0 amide bonds. The van der Waals surface area contributed by atoms with E-state index in [2.05, 4.69) is 51.4 Å². The van der Waals surface area contributed by atoms with Gasteiger partial charge in [0, 0.05) is 38.6 Å². The van der Waals surface area contributed by atoms with Gasteiger partial charge in [-0.25, -0.2) is 9.67 Å². The van der Waals surface area contributed by atoms with Crippen LogP contribution in [-0.2, 0) is 24.3 Å². The molecule has 2 aromatic heterocycles. The third kappa shape index (κ3) is 4.82. The Balaban J connectivity index is 1.59. The Morgan fingerprint density at radius 1 is 1.54 bits per heavy atom. The summed E-state index contributed by atoms with van der Waals surface area (Å²) in [4.78, 5) is 9.32. The van der Waals surface area contributed by atoms with Crippen LogP contribution in [-0.4, -0.2) is 47.0 Å². The van der Waals surface area contributed by atoms with E-state index >= 15 is 0 Å². The van der Waals surface area contributed by atoms with Gasteiger partial charge in [-0.15, -0.1) is 0 Å². The molecule has 2 aromatic rings. The first-order valence-corrected chi connectivity index (χ1v) is 10.1. The minimum absolute atomic E-state index is 0.300. The summed E-state index contributed by atoms with van der Waals surface area (Å²) in [5.41, 5.74) is 1.35. The van der Waals surface area contributed by atoms with Gasteiger partial charge >= 0.3 is 0 Å². The zero-order valence-electron chi connectivity index (χ0n) is 15.7. The highest BCUT2D eigenvalue weighted by Gasteiger charge is 2.22. The van der Waals surface area contributed by atoms with Crippen molar-refractivity contribution in [2.75, 3.05) is 20.2 Å². The summed E-state index contributed by atoms with van der Waals surface area (Å²) >= 11 is 1.74. The number of hydrogen-bond acceptors (Lipinski definition) is 5. The Hall–Kier alpha value is -1.93. The molecule has 142 valence electrons. The van der Waals surface area contributed by atoms with Gasteiger partial charge in [0.05, 0.1) is 6.54 Å². The number of methoxy groups -OCH3 is 1. The van der Waals surface area contributed by atoms with E-state index in [0.29, 0.717) is 18.6 Å². The molecule has 3 heterocycles. The largest absolute Gasteiger partial charge is 0.377 e. The molecular weight excluding hydrogens is 348 g/mol. The standard InChI is InChI=1S/C18H28N6OS/c1-4-19-18(20-9-13(2)14-7-8-26-12-14)21-15-5-6-17-22-16(11-25-3)23-24(17)10-15/h7-8,12-13,15H,4-6,9-11H2,1-3H3,(H2,19,20,21). The number of ether oxygens (including phenoxy) is 1. The first kappa shape index (κ1) is 18.8. The number of aliphatic imine (C=N–C) groups is 1. The monoisotopic (exact) mass is 376 g/mol. The summed E-state index contributed by atoms with van der Waals surface area (Å²) < 4.78 is 7.12. The molecule has 0 bridgehead atoms. The predicted octanol–water partition coefficient (Wildman–Crippen LogP) is 2.16. The highest BCUT2D eigenvalue weighted by Crippen LogP contribution is 2.18. The second-order valence-corrected chi connectivity index (χ2v) is 7.40. The van der Waals surface area contributed by atoms with E-state index in [4.69, 9.17) is 9.73 Å². The number of aryl methyl sites for hydroxylation is 1. The molecule has 0 saturated carbocycles. The molecule has 0 spiro atoms. The lowest BCUT2D eigenvalue weighted by molar-refractivity contribution is 0.177. The van der Waals surface area contributed by atoms with Crippen molar-refractivity contribution < 1.29 is 4.74 Å². The summed E-state index contributed by atoms with van der Waals surface area (Å²) in [5, 5.41) is 15.8. The zero-order chi connectivity index (χ0) is 18.4. The van der Waals surface area contributed by atoms with Crippen LogP contribution in [0, 0.1) is 0 Å². The minimum atomic E-state index is 0.300. The van der Waals surface area contributed by atoms with Gasteiger partial charge in [0.15, 0.2) is 11.8 Å². The summed E-state index contributed by atoms with van der Waals surface area (Å²) in [5.74, 6) is 3.10. The summed E-state index contributed by atoms with van der Waals surface area (Å²) in [6.07, 6.45) is 1.94. The minimum Gasteiger partial charge on any atom is -0.377 e. The lowest BCUT2D eigenvalue weighted by atomic mass is 10.1. The molecule has 0 saturated heterocycles. The second kappa shape index (κ2) is 9.14. The van der Waals surface area contributed by atoms with Crippen molar-refractivity contribution in [2.24, 2.45) is 4.99 Å². The van der Waals surface area contributed by atoms with Crippen LogP contribution in [0.5, 0.6) is 0 Å². The maximum Gasteiger partial charge on any atom is 0.191 e. The van der Waals surface area contributed by atoms with Crippen LogP contribution < -0.4 is 10.6 Å². The fraction of sp³-hybridized carbons (Fsp3) is 0.611. The van der Waals surface area contributed by atoms with Gasteiger partial charge in [-0.1, -0.05) is 6.92 Å². The van der Waals surface area contributed by atoms with E-state index in [-0.39, 0.29) is 0 Å². The van der Waals surface area contributed by atoms with E-state index in [1.54, 1.807) is 18.4 Å². The number of guanidine groups is 1. The molecule has 8 heteroatoms. The van der Waals surface area contributed by atoms with Crippen LogP contribution in [0.1, 0.15) is 43.4 Å². The highest BCUT2D eigenvalue weighted by molar-refractivity contribution is 7.07. The number of rotatable bonds is 7. The van der Waals surface area contributed by atoms with E-state index in [1.165, 1.54) is 5.56 Å². The molecule has 1 aliphatic rings. The molecular formula is C18H28N6OS. The van der Waals surface area contributed by atoms with E-state index in [0.717, 1.165) is 50.1 Å². The van der Waals surface area contributed by atoms with Gasteiger partial charge in [-0.2, -0.15) is 16.4 Å². The number of nitrogens with one attached hydrogen (secondary N) is 2. The molecule has 1 aliphatic heterocycles. The number of nitrogens with zero attached hydrogens (tertiary/aromatic N) is 4. The Morgan fingerprint density at radius 2 is 2.42 bits per heavy atom. The molecule has 7 nitrogen and oxygen atoms in total. The van der Waals surface area contributed by atoms with E-state index in [1.807, 2.05) is 4.68 Å². The summed E-state index contributed by atoms with van der Waals surface area (Å²) in [6, 6.07) is 2.48. The number of hydrogen-bond donors (Lipinski definition) is 2. The van der Waals surface area contributed by atoms with Crippen molar-refractivity contribution in [1.29, 1.82) is 0 Å². The average molecular weight is 377 g/mol. The first-order chi connectivity index (χ1) is 12.7. The highest BCUT2D eigenvalue weighted by atomic mass is 32.1. The molecule has 2 atom stereocenters. The summed E-state index contributed by atoms with van der Waals surface area (Å²) in [7, 11) is 1.67. The van der Waals surface area contributed by atoms with Crippen molar-refractivity contribution in [2.45, 2.75) is 51.8 Å².